The number of anilines is 2. The lowest BCUT2D eigenvalue weighted by Crippen LogP contribution is -2.35. The molecule has 0 saturated heterocycles. The van der Waals surface area contributed by atoms with Crippen LogP contribution in [0.1, 0.15) is 11.1 Å². The highest BCUT2D eigenvalue weighted by atomic mass is 19.1. The van der Waals surface area contributed by atoms with Crippen LogP contribution in [0.25, 0.3) is 21.8 Å². The highest BCUT2D eigenvalue weighted by molar-refractivity contribution is 6.02. The van der Waals surface area contributed by atoms with E-state index in [1.165, 1.54) is 112 Å². The molecule has 0 aliphatic carbocycles. The van der Waals surface area contributed by atoms with Gasteiger partial charge in [0, 0.05) is 47.4 Å². The number of phenolic OH excluding ortho intramolecular Hbond substituents is 2. The molecule has 6 aromatic carbocycles. The Kier molecular flexibility index (Phi) is 15.2. The third kappa shape index (κ3) is 12.5. The zero-order chi connectivity index (χ0) is 49.9. The summed E-state index contributed by atoms with van der Waals surface area (Å²) in [6, 6.07) is 25.3. The van der Waals surface area contributed by atoms with E-state index in [2.05, 4.69) is 31.2 Å². The Hall–Kier alpha value is -9.46. The number of nitrogens with zero attached hydrogens (tertiary/aromatic N) is 2. The molecule has 356 valence electrons. The predicted octanol–water partition coefficient (Wildman–Crippen LogP) is 9.82. The van der Waals surface area contributed by atoms with Crippen molar-refractivity contribution in [1.82, 2.24) is 20.6 Å². The molecule has 0 aliphatic heterocycles. The molecule has 0 aliphatic rings. The highest BCUT2D eigenvalue weighted by Crippen LogP contribution is 2.38. The topological polar surface area (TPSA) is 220 Å². The number of hydrogen-bond acceptors (Lipinski definition) is 12. The van der Waals surface area contributed by atoms with E-state index in [1.807, 2.05) is 0 Å². The largest absolute Gasteiger partial charge is 0.504 e. The van der Waals surface area contributed by atoms with Crippen LogP contribution in [0.4, 0.5) is 38.5 Å². The van der Waals surface area contributed by atoms with Crippen LogP contribution in [0.15, 0.2) is 134 Å². The molecule has 0 radical (unpaired) electrons. The van der Waals surface area contributed by atoms with Crippen LogP contribution >= 0.6 is 0 Å². The van der Waals surface area contributed by atoms with Crippen LogP contribution in [0.3, 0.4) is 0 Å². The molecule has 20 heteroatoms. The molecule has 8 aromatic rings. The van der Waals surface area contributed by atoms with Crippen molar-refractivity contribution in [3.8, 4) is 46.0 Å². The van der Waals surface area contributed by atoms with E-state index in [0.29, 0.717) is 44.4 Å². The monoisotopic (exact) mass is 958 g/mol. The van der Waals surface area contributed by atoms with Gasteiger partial charge in [-0.2, -0.15) is 0 Å². The van der Waals surface area contributed by atoms with Gasteiger partial charge < -0.3 is 39.8 Å². The molecule has 8 rings (SSSR count). The second-order valence-electron chi connectivity index (χ2n) is 14.8. The summed E-state index contributed by atoms with van der Waals surface area (Å²) in [5, 5.41) is 29.6. The van der Waals surface area contributed by atoms with Crippen LogP contribution in [-0.4, -0.2) is 58.3 Å². The Morgan fingerprint density at radius 3 is 1.24 bits per heavy atom. The Labute approximate surface area is 394 Å². The zero-order valence-electron chi connectivity index (χ0n) is 36.7. The number of carbonyl (C=O) groups excluding carboxylic acids is 4. The van der Waals surface area contributed by atoms with Crippen molar-refractivity contribution in [2.45, 2.75) is 12.8 Å². The number of fused-ring (bicyclic) bond motifs is 2. The third-order valence-corrected chi connectivity index (χ3v) is 9.90. The quantitative estimate of drug-likeness (QED) is 0.0631. The number of methoxy groups -OCH3 is 2. The summed E-state index contributed by atoms with van der Waals surface area (Å²) < 4.78 is 76.9. The SMILES string of the molecule is COc1cc2c(Oc3ccc(NC(=O)NC(=O)Cc4ccc(F)cc4)c(F)c3)ccnc2cc1O.COc1cc2c(Oc3ccc(NC(=O)NC(=O)Cc4ccc(F)cc4)c(F)c3)ccnc2cc1O. The number of amides is 6. The lowest BCUT2D eigenvalue weighted by Gasteiger charge is -2.12. The molecule has 0 saturated carbocycles. The van der Waals surface area contributed by atoms with E-state index in [0.717, 1.165) is 12.1 Å². The van der Waals surface area contributed by atoms with E-state index in [-0.39, 0.29) is 58.7 Å². The maximum absolute atomic E-state index is 14.6. The van der Waals surface area contributed by atoms with Gasteiger partial charge in [0.2, 0.25) is 11.8 Å². The second-order valence-corrected chi connectivity index (χ2v) is 14.8. The Bertz CT molecular complexity index is 3040. The number of aromatic hydroxyl groups is 2. The summed E-state index contributed by atoms with van der Waals surface area (Å²) in [5.41, 5.74) is 1.58. The first-order chi connectivity index (χ1) is 33.6. The van der Waals surface area contributed by atoms with E-state index < -0.39 is 47.1 Å². The molecule has 0 bridgehead atoms. The molecule has 2 aromatic heterocycles. The summed E-state index contributed by atoms with van der Waals surface area (Å²) >= 11 is 0. The Morgan fingerprint density at radius 2 is 0.886 bits per heavy atom. The van der Waals surface area contributed by atoms with Crippen LogP contribution in [0.2, 0.25) is 0 Å². The molecule has 16 nitrogen and oxygen atoms in total. The fraction of sp³-hybridized carbons (Fsp3) is 0.0800. The molecule has 6 amide bonds. The van der Waals surface area contributed by atoms with Crippen molar-refractivity contribution >= 4 is 57.1 Å². The van der Waals surface area contributed by atoms with Crippen LogP contribution < -0.4 is 40.2 Å². The van der Waals surface area contributed by atoms with E-state index in [9.17, 15) is 47.0 Å². The van der Waals surface area contributed by atoms with Gasteiger partial charge in [0.1, 0.15) is 46.3 Å². The number of carbonyl (C=O) groups is 4. The van der Waals surface area contributed by atoms with Gasteiger partial charge in [-0.05, 0) is 83.9 Å². The zero-order valence-corrected chi connectivity index (χ0v) is 36.7. The number of hydrogen-bond donors (Lipinski definition) is 6. The minimum Gasteiger partial charge on any atom is -0.504 e. The van der Waals surface area contributed by atoms with Crippen molar-refractivity contribution in [2.24, 2.45) is 0 Å². The molecule has 0 atom stereocenters. The lowest BCUT2D eigenvalue weighted by molar-refractivity contribution is -0.120. The fourth-order valence-corrected chi connectivity index (χ4v) is 6.58. The summed E-state index contributed by atoms with van der Waals surface area (Å²) in [7, 11) is 2.82. The van der Waals surface area contributed by atoms with Crippen molar-refractivity contribution in [2.75, 3.05) is 24.9 Å². The lowest BCUT2D eigenvalue weighted by atomic mass is 10.1. The molecule has 0 unspecified atom stereocenters. The normalized spacial score (nSPS) is 10.6. The molecule has 70 heavy (non-hydrogen) atoms. The molecule has 0 spiro atoms. The number of nitrogens with one attached hydrogen (secondary N) is 4. The van der Waals surface area contributed by atoms with Gasteiger partial charge in [-0.1, -0.05) is 24.3 Å². The van der Waals surface area contributed by atoms with E-state index in [1.54, 1.807) is 24.3 Å². The van der Waals surface area contributed by atoms with Crippen LogP contribution in [-0.2, 0) is 22.4 Å². The van der Waals surface area contributed by atoms with Crippen LogP contribution in [0, 0.1) is 23.3 Å². The second kappa shape index (κ2) is 21.9. The molecule has 2 heterocycles. The van der Waals surface area contributed by atoms with Crippen LogP contribution in [0.5, 0.6) is 46.0 Å². The summed E-state index contributed by atoms with van der Waals surface area (Å²) in [5.74, 6) is -2.49. The van der Waals surface area contributed by atoms with E-state index in [4.69, 9.17) is 18.9 Å². The first kappa shape index (κ1) is 48.5. The first-order valence-electron chi connectivity index (χ1n) is 20.6. The number of aromatic nitrogens is 2. The third-order valence-electron chi connectivity index (χ3n) is 9.90. The van der Waals surface area contributed by atoms with Crippen molar-refractivity contribution in [3.63, 3.8) is 0 Å². The maximum atomic E-state index is 14.6. The summed E-state index contributed by atoms with van der Waals surface area (Å²) in [6.45, 7) is 0. The van der Waals surface area contributed by atoms with Gasteiger partial charge in [0.05, 0.1) is 49.5 Å². The van der Waals surface area contributed by atoms with Gasteiger partial charge in [-0.3, -0.25) is 30.2 Å². The molecular weight excluding hydrogens is 921 g/mol. The molecule has 0 fully saturated rings. The fourth-order valence-electron chi connectivity index (χ4n) is 6.58. The minimum atomic E-state index is -0.920. The smallest absolute Gasteiger partial charge is 0.325 e. The van der Waals surface area contributed by atoms with Gasteiger partial charge in [-0.15, -0.1) is 0 Å². The Balaban J connectivity index is 0.000000206. The first-order valence-corrected chi connectivity index (χ1v) is 20.6. The number of imide groups is 2. The van der Waals surface area contributed by atoms with Gasteiger partial charge in [-0.25, -0.2) is 27.2 Å². The van der Waals surface area contributed by atoms with Crippen molar-refractivity contribution < 1.29 is 65.9 Å². The number of pyridine rings is 2. The number of ether oxygens (including phenoxy) is 4. The van der Waals surface area contributed by atoms with Gasteiger partial charge in [0.15, 0.2) is 23.0 Å². The number of phenols is 2. The summed E-state index contributed by atoms with van der Waals surface area (Å²) in [4.78, 5) is 56.5. The standard InChI is InChI=1S/2C25H19F2N3O5/c2*1-34-23-12-17-20(13-21(23)31)28-9-8-22(17)35-16-6-7-19(18(27)11-16)29-25(33)30-24(32)10-14-2-4-15(26)5-3-14/h2*2-9,11-13,31H,10H2,1H3,(H2,29,30,32,33). The van der Waals surface area contributed by atoms with Gasteiger partial charge in [0.25, 0.3) is 0 Å². The van der Waals surface area contributed by atoms with Crippen molar-refractivity contribution in [3.05, 3.63) is 168 Å². The summed E-state index contributed by atoms with van der Waals surface area (Å²) in [6.07, 6.45) is 2.66. The van der Waals surface area contributed by atoms with E-state index >= 15 is 0 Å². The average molecular weight is 959 g/mol. The molecular formula is C50H38F4N6O10. The maximum Gasteiger partial charge on any atom is 0.325 e. The number of halogens is 4. The average Bonchev–Trinajstić information content (AvgIpc) is 3.32. The number of benzene rings is 6. The number of urea groups is 2. The highest BCUT2D eigenvalue weighted by Gasteiger charge is 2.17. The van der Waals surface area contributed by atoms with Crippen molar-refractivity contribution in [1.29, 1.82) is 0 Å². The minimum absolute atomic E-state index is 0.0828. The predicted molar refractivity (Wildman–Crippen MR) is 247 cm³/mol. The molecule has 6 N–H and O–H groups in total. The Morgan fingerprint density at radius 1 is 0.500 bits per heavy atom. The number of rotatable bonds is 12. The van der Waals surface area contributed by atoms with Gasteiger partial charge >= 0.3 is 12.1 Å².